The van der Waals surface area contributed by atoms with E-state index < -0.39 is 0 Å². The molecule has 4 nitrogen and oxygen atoms in total. The average Bonchev–Trinajstić information content (AvgIpc) is 2.45. The zero-order chi connectivity index (χ0) is 13.9. The summed E-state index contributed by atoms with van der Waals surface area (Å²) in [6.07, 6.45) is 8.73. The lowest BCUT2D eigenvalue weighted by molar-refractivity contribution is -0.144. The van der Waals surface area contributed by atoms with Crippen LogP contribution >= 0.6 is 11.6 Å². The Morgan fingerprint density at radius 3 is 2.85 bits per heavy atom. The van der Waals surface area contributed by atoms with E-state index in [-0.39, 0.29) is 17.9 Å². The summed E-state index contributed by atoms with van der Waals surface area (Å²) in [5, 5.41) is 0.591. The van der Waals surface area contributed by atoms with Gasteiger partial charge in [0.15, 0.2) is 0 Å². The monoisotopic (exact) mass is 292 g/mol. The van der Waals surface area contributed by atoms with Crippen LogP contribution in [0.15, 0.2) is 30.5 Å². The highest BCUT2D eigenvalue weighted by Gasteiger charge is 2.35. The molecule has 1 aliphatic heterocycles. The molecule has 1 aliphatic carbocycles. The van der Waals surface area contributed by atoms with Gasteiger partial charge < -0.3 is 9.64 Å². The number of aromatic nitrogens is 1. The van der Waals surface area contributed by atoms with Gasteiger partial charge in [-0.05, 0) is 25.3 Å². The predicted molar refractivity (Wildman–Crippen MR) is 76.7 cm³/mol. The molecule has 0 aromatic carbocycles. The van der Waals surface area contributed by atoms with E-state index in [2.05, 4.69) is 17.1 Å². The molecule has 0 spiro atoms. The van der Waals surface area contributed by atoms with E-state index in [1.807, 2.05) is 4.90 Å². The standard InChI is InChI=1S/C15H17ClN2O2/c16-12-6-7-14(17-8-12)20-13-9-18(10-13)15(19)11-4-2-1-3-5-11/h1-2,6-8,11,13H,3-5,9-10H2. The van der Waals surface area contributed by atoms with Crippen LogP contribution in [0.25, 0.3) is 0 Å². The summed E-state index contributed by atoms with van der Waals surface area (Å²) in [6, 6.07) is 3.50. The van der Waals surface area contributed by atoms with Crippen LogP contribution in [0, 0.1) is 5.92 Å². The van der Waals surface area contributed by atoms with Crippen molar-refractivity contribution in [1.29, 1.82) is 0 Å². The molecule has 1 aromatic rings. The Bertz CT molecular complexity index is 509. The SMILES string of the molecule is O=C(C1CC=CCC1)N1CC(Oc2ccc(Cl)cn2)C1. The van der Waals surface area contributed by atoms with Crippen LogP contribution < -0.4 is 4.74 Å². The molecule has 1 saturated heterocycles. The normalized spacial score (nSPS) is 22.4. The largest absolute Gasteiger partial charge is 0.471 e. The lowest BCUT2D eigenvalue weighted by Gasteiger charge is -2.40. The Hall–Kier alpha value is -1.55. The van der Waals surface area contributed by atoms with E-state index in [1.54, 1.807) is 18.3 Å². The molecule has 0 bridgehead atoms. The first-order chi connectivity index (χ1) is 9.72. The number of hydrogen-bond acceptors (Lipinski definition) is 3. The van der Waals surface area contributed by atoms with Crippen LogP contribution in [0.1, 0.15) is 19.3 Å². The summed E-state index contributed by atoms with van der Waals surface area (Å²) in [5.74, 6) is 0.986. The molecule has 1 unspecified atom stereocenters. The number of halogens is 1. The topological polar surface area (TPSA) is 42.4 Å². The van der Waals surface area contributed by atoms with Gasteiger partial charge in [0, 0.05) is 18.2 Å². The lowest BCUT2D eigenvalue weighted by Crippen LogP contribution is -2.57. The number of ether oxygens (including phenoxy) is 1. The number of allylic oxidation sites excluding steroid dienone is 2. The number of hydrogen-bond donors (Lipinski definition) is 0. The second-order valence-corrected chi connectivity index (χ2v) is 5.72. The van der Waals surface area contributed by atoms with E-state index in [9.17, 15) is 4.79 Å². The summed E-state index contributed by atoms with van der Waals surface area (Å²) in [6.45, 7) is 1.31. The van der Waals surface area contributed by atoms with Crippen molar-refractivity contribution in [3.8, 4) is 5.88 Å². The maximum absolute atomic E-state index is 12.2. The maximum atomic E-state index is 12.2. The first-order valence-corrected chi connectivity index (χ1v) is 7.32. The Morgan fingerprint density at radius 2 is 2.20 bits per heavy atom. The Kier molecular flexibility index (Phi) is 3.92. The van der Waals surface area contributed by atoms with Crippen molar-refractivity contribution < 1.29 is 9.53 Å². The van der Waals surface area contributed by atoms with Gasteiger partial charge in [-0.25, -0.2) is 4.98 Å². The first kappa shape index (κ1) is 13.4. The molecular formula is C15H17ClN2O2. The molecular weight excluding hydrogens is 276 g/mol. The summed E-state index contributed by atoms with van der Waals surface area (Å²) < 4.78 is 5.70. The molecule has 0 radical (unpaired) electrons. The number of rotatable bonds is 3. The van der Waals surface area contributed by atoms with E-state index in [1.165, 1.54) is 0 Å². The van der Waals surface area contributed by atoms with Crippen molar-refractivity contribution >= 4 is 17.5 Å². The second-order valence-electron chi connectivity index (χ2n) is 5.28. The minimum absolute atomic E-state index is 0.0479. The molecule has 1 amide bonds. The van der Waals surface area contributed by atoms with E-state index in [0.717, 1.165) is 19.3 Å². The Morgan fingerprint density at radius 1 is 1.35 bits per heavy atom. The minimum Gasteiger partial charge on any atom is -0.471 e. The summed E-state index contributed by atoms with van der Waals surface area (Å²) in [7, 11) is 0. The highest BCUT2D eigenvalue weighted by Crippen LogP contribution is 2.24. The molecule has 1 aromatic heterocycles. The van der Waals surface area contributed by atoms with Gasteiger partial charge in [0.1, 0.15) is 6.10 Å². The zero-order valence-corrected chi connectivity index (χ0v) is 11.9. The third kappa shape index (κ3) is 2.96. The Labute approximate surface area is 123 Å². The summed E-state index contributed by atoms with van der Waals surface area (Å²) in [5.41, 5.74) is 0. The molecule has 5 heteroatoms. The number of likely N-dealkylation sites (tertiary alicyclic amines) is 1. The molecule has 0 N–H and O–H groups in total. The van der Waals surface area contributed by atoms with Crippen LogP contribution in [-0.4, -0.2) is 35.0 Å². The molecule has 0 saturated carbocycles. The van der Waals surface area contributed by atoms with Crippen molar-refractivity contribution in [2.24, 2.45) is 5.92 Å². The fraction of sp³-hybridized carbons (Fsp3) is 0.467. The van der Waals surface area contributed by atoms with Gasteiger partial charge in [0.2, 0.25) is 11.8 Å². The Balaban J connectivity index is 1.47. The van der Waals surface area contributed by atoms with Crippen LogP contribution in [0.5, 0.6) is 5.88 Å². The van der Waals surface area contributed by atoms with E-state index >= 15 is 0 Å². The molecule has 20 heavy (non-hydrogen) atoms. The van der Waals surface area contributed by atoms with Crippen molar-refractivity contribution in [3.05, 3.63) is 35.5 Å². The molecule has 2 aliphatic rings. The minimum atomic E-state index is 0.0479. The fourth-order valence-corrected chi connectivity index (χ4v) is 2.68. The number of pyridine rings is 1. The van der Waals surface area contributed by atoms with Crippen molar-refractivity contribution in [2.45, 2.75) is 25.4 Å². The van der Waals surface area contributed by atoms with Crippen LogP contribution in [0.3, 0.4) is 0 Å². The highest BCUT2D eigenvalue weighted by molar-refractivity contribution is 6.30. The molecule has 3 rings (SSSR count). The van der Waals surface area contributed by atoms with Crippen LogP contribution in [0.4, 0.5) is 0 Å². The molecule has 2 heterocycles. The van der Waals surface area contributed by atoms with Crippen molar-refractivity contribution in [2.75, 3.05) is 13.1 Å². The average molecular weight is 293 g/mol. The summed E-state index contributed by atoms with van der Waals surface area (Å²) in [4.78, 5) is 18.2. The molecule has 1 fully saturated rings. The second kappa shape index (κ2) is 5.83. The number of nitrogens with zero attached hydrogens (tertiary/aromatic N) is 2. The zero-order valence-electron chi connectivity index (χ0n) is 11.2. The number of amides is 1. The van der Waals surface area contributed by atoms with Gasteiger partial charge in [0.25, 0.3) is 0 Å². The van der Waals surface area contributed by atoms with Gasteiger partial charge in [-0.1, -0.05) is 23.8 Å². The third-order valence-corrected chi connectivity index (χ3v) is 3.99. The van der Waals surface area contributed by atoms with E-state index in [4.69, 9.17) is 16.3 Å². The fourth-order valence-electron chi connectivity index (χ4n) is 2.57. The van der Waals surface area contributed by atoms with E-state index in [0.29, 0.717) is 24.0 Å². The van der Waals surface area contributed by atoms with Gasteiger partial charge in [-0.2, -0.15) is 0 Å². The van der Waals surface area contributed by atoms with Crippen LogP contribution in [0.2, 0.25) is 5.02 Å². The third-order valence-electron chi connectivity index (χ3n) is 3.77. The highest BCUT2D eigenvalue weighted by atomic mass is 35.5. The quantitative estimate of drug-likeness (QED) is 0.805. The summed E-state index contributed by atoms with van der Waals surface area (Å²) >= 11 is 5.77. The van der Waals surface area contributed by atoms with Crippen LogP contribution in [-0.2, 0) is 4.79 Å². The van der Waals surface area contributed by atoms with Crippen molar-refractivity contribution in [1.82, 2.24) is 9.88 Å². The predicted octanol–water partition coefficient (Wildman–Crippen LogP) is 2.68. The maximum Gasteiger partial charge on any atom is 0.226 e. The van der Waals surface area contributed by atoms with Gasteiger partial charge in [-0.3, -0.25) is 4.79 Å². The number of carbonyl (C=O) groups is 1. The smallest absolute Gasteiger partial charge is 0.226 e. The lowest BCUT2D eigenvalue weighted by atomic mass is 9.92. The van der Waals surface area contributed by atoms with Gasteiger partial charge in [0.05, 0.1) is 18.1 Å². The number of carbonyl (C=O) groups excluding carboxylic acids is 1. The van der Waals surface area contributed by atoms with Crippen molar-refractivity contribution in [3.63, 3.8) is 0 Å². The van der Waals surface area contributed by atoms with Gasteiger partial charge in [-0.15, -0.1) is 0 Å². The molecule has 1 atom stereocenters. The first-order valence-electron chi connectivity index (χ1n) is 6.94. The van der Waals surface area contributed by atoms with Gasteiger partial charge >= 0.3 is 0 Å². The molecule has 106 valence electrons.